The predicted octanol–water partition coefficient (Wildman–Crippen LogP) is 4.82. The molecule has 0 spiro atoms. The number of hydrogen-bond acceptors (Lipinski definition) is 3. The Morgan fingerprint density at radius 2 is 2.26 bits per heavy atom. The van der Waals surface area contributed by atoms with Gasteiger partial charge in [-0.2, -0.15) is 0 Å². The van der Waals surface area contributed by atoms with Crippen LogP contribution in [-0.2, 0) is 4.74 Å². The van der Waals surface area contributed by atoms with Crippen molar-refractivity contribution in [3.63, 3.8) is 0 Å². The van der Waals surface area contributed by atoms with Crippen molar-refractivity contribution in [2.45, 2.75) is 57.6 Å². The number of aryl methyl sites for hydroxylation is 1. The van der Waals surface area contributed by atoms with E-state index in [2.05, 4.69) is 41.2 Å². The Bertz CT molecular complexity index is 389. The molecule has 19 heavy (non-hydrogen) atoms. The first-order valence-electron chi connectivity index (χ1n) is 7.14. The maximum atomic E-state index is 5.80. The first kappa shape index (κ1) is 15.5. The third-order valence-corrected chi connectivity index (χ3v) is 6.38. The highest BCUT2D eigenvalue weighted by Crippen LogP contribution is 2.43. The van der Waals surface area contributed by atoms with Gasteiger partial charge < -0.3 is 10.1 Å². The molecule has 108 valence electrons. The summed E-state index contributed by atoms with van der Waals surface area (Å²) < 4.78 is 7.03. The zero-order chi connectivity index (χ0) is 13.9. The third kappa shape index (κ3) is 3.60. The van der Waals surface area contributed by atoms with Gasteiger partial charge in [-0.25, -0.2) is 0 Å². The molecule has 0 aromatic carbocycles. The number of thiophene rings is 1. The molecular formula is C15H24BrNOS. The minimum atomic E-state index is 0.121. The lowest BCUT2D eigenvalue weighted by Gasteiger charge is -2.42. The molecule has 2 nitrogen and oxygen atoms in total. The lowest BCUT2D eigenvalue weighted by molar-refractivity contribution is -0.0836. The topological polar surface area (TPSA) is 21.3 Å². The normalized spacial score (nSPS) is 19.2. The molecule has 1 N–H and O–H groups in total. The molecule has 0 saturated heterocycles. The molecule has 1 aliphatic rings. The number of ether oxygens (including phenoxy) is 1. The summed E-state index contributed by atoms with van der Waals surface area (Å²) in [5.41, 5.74) is 0.121. The van der Waals surface area contributed by atoms with Crippen molar-refractivity contribution in [3.8, 4) is 0 Å². The summed E-state index contributed by atoms with van der Waals surface area (Å²) in [5, 5.41) is 3.69. The molecule has 1 aromatic heterocycles. The van der Waals surface area contributed by atoms with Crippen LogP contribution in [-0.4, -0.2) is 19.3 Å². The van der Waals surface area contributed by atoms with Gasteiger partial charge in [0.25, 0.3) is 0 Å². The van der Waals surface area contributed by atoms with Crippen molar-refractivity contribution in [2.24, 2.45) is 0 Å². The van der Waals surface area contributed by atoms with Gasteiger partial charge in [-0.05, 0) is 67.6 Å². The van der Waals surface area contributed by atoms with Crippen LogP contribution in [0.3, 0.4) is 0 Å². The second-order valence-electron chi connectivity index (χ2n) is 5.50. The van der Waals surface area contributed by atoms with Crippen LogP contribution in [0.4, 0.5) is 0 Å². The Labute approximate surface area is 129 Å². The summed E-state index contributed by atoms with van der Waals surface area (Å²) in [6.45, 7) is 5.46. The van der Waals surface area contributed by atoms with E-state index in [-0.39, 0.29) is 5.60 Å². The first-order chi connectivity index (χ1) is 9.10. The van der Waals surface area contributed by atoms with Gasteiger partial charge in [0, 0.05) is 27.4 Å². The summed E-state index contributed by atoms with van der Waals surface area (Å²) in [7, 11) is 1.87. The van der Waals surface area contributed by atoms with E-state index in [9.17, 15) is 0 Å². The summed E-state index contributed by atoms with van der Waals surface area (Å²) >= 11 is 5.53. The van der Waals surface area contributed by atoms with Crippen LogP contribution >= 0.6 is 27.3 Å². The van der Waals surface area contributed by atoms with E-state index in [0.29, 0.717) is 6.04 Å². The third-order valence-electron chi connectivity index (χ3n) is 4.13. The second kappa shape index (κ2) is 6.70. The molecule has 2 rings (SSSR count). The van der Waals surface area contributed by atoms with E-state index in [4.69, 9.17) is 4.74 Å². The summed E-state index contributed by atoms with van der Waals surface area (Å²) in [6, 6.07) is 2.70. The standard InChI is InChI=1S/C15H24BrNOS/c1-4-8-17-13(10-15(18-3)6-5-7-15)14-9-12(16)11(2)19-14/h9,13,17H,4-8,10H2,1-3H3. The zero-order valence-corrected chi connectivity index (χ0v) is 14.5. The van der Waals surface area contributed by atoms with Gasteiger partial charge in [-0.1, -0.05) is 6.92 Å². The number of halogens is 1. The Kier molecular flexibility index (Phi) is 5.46. The molecule has 1 saturated carbocycles. The van der Waals surface area contributed by atoms with Crippen molar-refractivity contribution in [1.82, 2.24) is 5.32 Å². The van der Waals surface area contributed by atoms with Crippen LogP contribution < -0.4 is 5.32 Å². The molecule has 0 amide bonds. The molecule has 4 heteroatoms. The predicted molar refractivity (Wildman–Crippen MR) is 86.0 cm³/mol. The molecule has 1 aromatic rings. The minimum absolute atomic E-state index is 0.121. The van der Waals surface area contributed by atoms with Crippen LogP contribution in [0.25, 0.3) is 0 Å². The van der Waals surface area contributed by atoms with Gasteiger partial charge in [0.2, 0.25) is 0 Å². The SMILES string of the molecule is CCCNC(CC1(OC)CCC1)c1cc(Br)c(C)s1. The van der Waals surface area contributed by atoms with Crippen LogP contribution in [0.5, 0.6) is 0 Å². The first-order valence-corrected chi connectivity index (χ1v) is 8.75. The average molecular weight is 346 g/mol. The van der Waals surface area contributed by atoms with Gasteiger partial charge in [-0.3, -0.25) is 0 Å². The quantitative estimate of drug-likeness (QED) is 0.764. The number of methoxy groups -OCH3 is 1. The van der Waals surface area contributed by atoms with Gasteiger partial charge in [0.15, 0.2) is 0 Å². The Morgan fingerprint density at radius 3 is 2.68 bits per heavy atom. The van der Waals surface area contributed by atoms with Crippen LogP contribution in [0.1, 0.15) is 54.8 Å². The molecule has 1 heterocycles. The highest BCUT2D eigenvalue weighted by molar-refractivity contribution is 9.10. The van der Waals surface area contributed by atoms with Gasteiger partial charge in [0.1, 0.15) is 0 Å². The van der Waals surface area contributed by atoms with E-state index < -0.39 is 0 Å². The molecule has 0 aliphatic heterocycles. The highest BCUT2D eigenvalue weighted by atomic mass is 79.9. The highest BCUT2D eigenvalue weighted by Gasteiger charge is 2.39. The van der Waals surface area contributed by atoms with Gasteiger partial charge in [-0.15, -0.1) is 11.3 Å². The molecule has 1 aliphatic carbocycles. The van der Waals surface area contributed by atoms with Crippen molar-refractivity contribution < 1.29 is 4.74 Å². The maximum absolute atomic E-state index is 5.80. The Morgan fingerprint density at radius 1 is 1.53 bits per heavy atom. The largest absolute Gasteiger partial charge is 0.378 e. The molecule has 1 atom stereocenters. The number of hydrogen-bond donors (Lipinski definition) is 1. The van der Waals surface area contributed by atoms with Gasteiger partial charge in [0.05, 0.1) is 5.60 Å². The van der Waals surface area contributed by atoms with Crippen molar-refractivity contribution in [3.05, 3.63) is 20.3 Å². The smallest absolute Gasteiger partial charge is 0.0697 e. The lowest BCUT2D eigenvalue weighted by atomic mass is 9.75. The number of nitrogens with one attached hydrogen (secondary N) is 1. The lowest BCUT2D eigenvalue weighted by Crippen LogP contribution is -2.42. The summed E-state index contributed by atoms with van der Waals surface area (Å²) in [5.74, 6) is 0. The fraction of sp³-hybridized carbons (Fsp3) is 0.733. The average Bonchev–Trinajstić information content (AvgIpc) is 2.68. The van der Waals surface area contributed by atoms with Gasteiger partial charge >= 0.3 is 0 Å². The fourth-order valence-corrected chi connectivity index (χ4v) is 4.32. The van der Waals surface area contributed by atoms with E-state index in [0.717, 1.165) is 13.0 Å². The Balaban J connectivity index is 2.11. The zero-order valence-electron chi connectivity index (χ0n) is 12.1. The molecular weight excluding hydrogens is 322 g/mol. The second-order valence-corrected chi connectivity index (χ2v) is 7.65. The van der Waals surface area contributed by atoms with Crippen molar-refractivity contribution >= 4 is 27.3 Å². The molecule has 1 fully saturated rings. The Hall–Kier alpha value is 0.1000. The molecule has 1 unspecified atom stereocenters. The van der Waals surface area contributed by atoms with E-state index in [1.807, 2.05) is 18.4 Å². The van der Waals surface area contributed by atoms with E-state index in [1.165, 1.54) is 39.9 Å². The summed E-state index contributed by atoms with van der Waals surface area (Å²) in [6.07, 6.45) is 5.98. The monoisotopic (exact) mass is 345 g/mol. The van der Waals surface area contributed by atoms with E-state index >= 15 is 0 Å². The maximum Gasteiger partial charge on any atom is 0.0697 e. The van der Waals surface area contributed by atoms with Crippen LogP contribution in [0, 0.1) is 6.92 Å². The molecule has 0 radical (unpaired) electrons. The van der Waals surface area contributed by atoms with Crippen LogP contribution in [0.2, 0.25) is 0 Å². The summed E-state index contributed by atoms with van der Waals surface area (Å²) in [4.78, 5) is 2.79. The molecule has 0 bridgehead atoms. The van der Waals surface area contributed by atoms with Crippen molar-refractivity contribution in [1.29, 1.82) is 0 Å². The van der Waals surface area contributed by atoms with Crippen molar-refractivity contribution in [2.75, 3.05) is 13.7 Å². The minimum Gasteiger partial charge on any atom is -0.378 e. The fourth-order valence-electron chi connectivity index (χ4n) is 2.68. The van der Waals surface area contributed by atoms with E-state index in [1.54, 1.807) is 0 Å². The number of rotatable bonds is 7. The van der Waals surface area contributed by atoms with Crippen LogP contribution in [0.15, 0.2) is 10.5 Å².